The molecule has 0 spiro atoms. The van der Waals surface area contributed by atoms with Gasteiger partial charge in [0.2, 0.25) is 11.8 Å². The monoisotopic (exact) mass is 451 g/mol. The number of H-pyrrole nitrogens is 1. The van der Waals surface area contributed by atoms with Crippen molar-refractivity contribution in [3.05, 3.63) is 44.4 Å². The van der Waals surface area contributed by atoms with Gasteiger partial charge in [0.1, 0.15) is 19.3 Å². The van der Waals surface area contributed by atoms with Gasteiger partial charge in [-0.1, -0.05) is 11.8 Å². The second-order valence-electron chi connectivity index (χ2n) is 6.96. The predicted octanol–water partition coefficient (Wildman–Crippen LogP) is -0.190. The first-order valence-corrected chi connectivity index (χ1v) is 10.9. The number of carbonyl (C=O) groups is 1. The second-order valence-corrected chi connectivity index (χ2v) is 7.73. The summed E-state index contributed by atoms with van der Waals surface area (Å²) in [6, 6.07) is 1.71. The van der Waals surface area contributed by atoms with E-state index >= 15 is 0 Å². The summed E-state index contributed by atoms with van der Waals surface area (Å²) < 4.78 is 17.8. The SMILES string of the molecule is COCc1cc(OCC2CN(C(=O)Cn3cc(C)c(=O)[nH]c3=O)CCO2)nc(SC)n1. The lowest BCUT2D eigenvalue weighted by Gasteiger charge is -2.32. The minimum atomic E-state index is -0.614. The van der Waals surface area contributed by atoms with Crippen LogP contribution in [0.3, 0.4) is 0 Å². The first kappa shape index (κ1) is 23.0. The van der Waals surface area contributed by atoms with Gasteiger partial charge in [0, 0.05) is 31.5 Å². The van der Waals surface area contributed by atoms with E-state index in [0.29, 0.717) is 48.6 Å². The van der Waals surface area contributed by atoms with Crippen molar-refractivity contribution >= 4 is 17.7 Å². The lowest BCUT2D eigenvalue weighted by atomic mass is 10.2. The molecule has 1 N–H and O–H groups in total. The van der Waals surface area contributed by atoms with Gasteiger partial charge in [0.25, 0.3) is 5.56 Å². The van der Waals surface area contributed by atoms with E-state index in [1.807, 2.05) is 6.26 Å². The number of aromatic nitrogens is 4. The Morgan fingerprint density at radius 3 is 2.94 bits per heavy atom. The molecule has 3 rings (SSSR count). The molecule has 1 aliphatic rings. The number of thioether (sulfide) groups is 1. The van der Waals surface area contributed by atoms with E-state index in [-0.39, 0.29) is 25.2 Å². The molecule has 0 aromatic carbocycles. The third-order valence-electron chi connectivity index (χ3n) is 4.61. The van der Waals surface area contributed by atoms with Crippen molar-refractivity contribution in [2.75, 3.05) is 39.7 Å². The highest BCUT2D eigenvalue weighted by Crippen LogP contribution is 2.17. The summed E-state index contributed by atoms with van der Waals surface area (Å²) in [7, 11) is 1.59. The Bertz CT molecular complexity index is 1040. The van der Waals surface area contributed by atoms with Crippen LogP contribution in [0, 0.1) is 6.92 Å². The normalized spacial score (nSPS) is 16.4. The Balaban J connectivity index is 1.60. The maximum atomic E-state index is 12.7. The van der Waals surface area contributed by atoms with Crippen molar-refractivity contribution < 1.29 is 19.0 Å². The van der Waals surface area contributed by atoms with Crippen LogP contribution in [0.2, 0.25) is 0 Å². The molecule has 11 nitrogen and oxygen atoms in total. The van der Waals surface area contributed by atoms with Crippen molar-refractivity contribution in [3.63, 3.8) is 0 Å². The van der Waals surface area contributed by atoms with Crippen molar-refractivity contribution in [1.82, 2.24) is 24.4 Å². The molecule has 3 heterocycles. The molecule has 1 fully saturated rings. The van der Waals surface area contributed by atoms with E-state index in [0.717, 1.165) is 0 Å². The van der Waals surface area contributed by atoms with E-state index < -0.39 is 11.2 Å². The quantitative estimate of drug-likeness (QED) is 0.429. The number of ether oxygens (including phenoxy) is 3. The topological polar surface area (TPSA) is 129 Å². The Morgan fingerprint density at radius 1 is 1.39 bits per heavy atom. The van der Waals surface area contributed by atoms with Gasteiger partial charge in [0.05, 0.1) is 25.5 Å². The van der Waals surface area contributed by atoms with E-state index in [1.54, 1.807) is 25.0 Å². The molecule has 1 unspecified atom stereocenters. The number of carbonyl (C=O) groups excluding carboxylic acids is 1. The lowest BCUT2D eigenvalue weighted by Crippen LogP contribution is -2.49. The number of morpholine rings is 1. The van der Waals surface area contributed by atoms with Crippen LogP contribution < -0.4 is 16.0 Å². The number of rotatable bonds is 8. The molecule has 0 aliphatic carbocycles. The zero-order valence-electron chi connectivity index (χ0n) is 17.6. The first-order chi connectivity index (χ1) is 14.9. The van der Waals surface area contributed by atoms with Gasteiger partial charge in [-0.2, -0.15) is 4.98 Å². The van der Waals surface area contributed by atoms with Crippen molar-refractivity contribution in [2.24, 2.45) is 0 Å². The molecule has 12 heteroatoms. The Hall–Kier alpha value is -2.70. The predicted molar refractivity (Wildman–Crippen MR) is 112 cm³/mol. The van der Waals surface area contributed by atoms with E-state index in [9.17, 15) is 14.4 Å². The van der Waals surface area contributed by atoms with Crippen LogP contribution in [-0.4, -0.2) is 76.1 Å². The minimum absolute atomic E-state index is 0.159. The molecular formula is C19H25N5O6S. The highest BCUT2D eigenvalue weighted by atomic mass is 32.2. The van der Waals surface area contributed by atoms with E-state index in [2.05, 4.69) is 15.0 Å². The third kappa shape index (κ3) is 6.15. The fourth-order valence-electron chi connectivity index (χ4n) is 3.04. The number of nitrogens with zero attached hydrogens (tertiary/aromatic N) is 4. The van der Waals surface area contributed by atoms with Crippen LogP contribution in [0.4, 0.5) is 0 Å². The van der Waals surface area contributed by atoms with E-state index in [1.165, 1.54) is 22.5 Å². The van der Waals surface area contributed by atoms with E-state index in [4.69, 9.17) is 14.2 Å². The fraction of sp³-hybridized carbons (Fsp3) is 0.526. The van der Waals surface area contributed by atoms with Gasteiger partial charge in [-0.25, -0.2) is 9.78 Å². The third-order valence-corrected chi connectivity index (χ3v) is 5.16. The van der Waals surface area contributed by atoms with Crippen LogP contribution in [-0.2, 0) is 27.4 Å². The largest absolute Gasteiger partial charge is 0.475 e. The summed E-state index contributed by atoms with van der Waals surface area (Å²) in [5.41, 5.74) is 0.000391. The Kier molecular flexibility index (Phi) is 7.82. The summed E-state index contributed by atoms with van der Waals surface area (Å²) in [6.45, 7) is 3.06. The summed E-state index contributed by atoms with van der Waals surface area (Å²) in [4.78, 5) is 48.6. The van der Waals surface area contributed by atoms with Crippen LogP contribution >= 0.6 is 11.8 Å². The fourth-order valence-corrected chi connectivity index (χ4v) is 3.43. The zero-order chi connectivity index (χ0) is 22.4. The summed E-state index contributed by atoms with van der Waals surface area (Å²) in [5.74, 6) is 0.171. The molecule has 0 saturated carbocycles. The van der Waals surface area contributed by atoms with Crippen LogP contribution in [0.1, 0.15) is 11.3 Å². The molecule has 0 bridgehead atoms. The number of hydrogen-bond donors (Lipinski definition) is 1. The summed E-state index contributed by atoms with van der Waals surface area (Å²) in [6.07, 6.45) is 2.92. The van der Waals surface area contributed by atoms with Crippen LogP contribution in [0.5, 0.6) is 5.88 Å². The number of amides is 1. The maximum Gasteiger partial charge on any atom is 0.328 e. The van der Waals surface area contributed by atoms with Gasteiger partial charge >= 0.3 is 5.69 Å². The number of aryl methyl sites for hydroxylation is 1. The van der Waals surface area contributed by atoms with Gasteiger partial charge in [-0.15, -0.1) is 0 Å². The maximum absolute atomic E-state index is 12.7. The molecule has 2 aromatic rings. The molecule has 1 saturated heterocycles. The summed E-state index contributed by atoms with van der Waals surface area (Å²) >= 11 is 1.40. The van der Waals surface area contributed by atoms with Gasteiger partial charge in [0.15, 0.2) is 5.16 Å². The average molecular weight is 452 g/mol. The Labute approximate surface area is 182 Å². The number of methoxy groups -OCH3 is 1. The lowest BCUT2D eigenvalue weighted by molar-refractivity contribution is -0.140. The first-order valence-electron chi connectivity index (χ1n) is 9.63. The van der Waals surface area contributed by atoms with Gasteiger partial charge in [-0.05, 0) is 13.2 Å². The second kappa shape index (κ2) is 10.6. The molecule has 2 aromatic heterocycles. The Morgan fingerprint density at radius 2 is 2.19 bits per heavy atom. The van der Waals surface area contributed by atoms with Crippen LogP contribution in [0.25, 0.3) is 0 Å². The standard InChI is InChI=1S/C19H25N5O6S/c1-12-7-24(19(27)22-17(12)26)9-16(25)23-4-5-29-14(8-23)11-30-15-6-13(10-28-2)20-18(21-15)31-3/h6-7,14H,4-5,8-11H2,1-3H3,(H,22,26,27). The molecule has 168 valence electrons. The van der Waals surface area contributed by atoms with Crippen molar-refractivity contribution in [2.45, 2.75) is 31.3 Å². The van der Waals surface area contributed by atoms with Crippen molar-refractivity contribution in [3.8, 4) is 5.88 Å². The minimum Gasteiger partial charge on any atom is -0.475 e. The van der Waals surface area contributed by atoms with Gasteiger partial charge in [-0.3, -0.25) is 19.1 Å². The highest BCUT2D eigenvalue weighted by molar-refractivity contribution is 7.98. The average Bonchev–Trinajstić information content (AvgIpc) is 2.76. The van der Waals surface area contributed by atoms with Crippen LogP contribution in [0.15, 0.2) is 27.0 Å². The molecule has 31 heavy (non-hydrogen) atoms. The molecule has 1 amide bonds. The number of nitrogens with one attached hydrogen (secondary N) is 1. The highest BCUT2D eigenvalue weighted by Gasteiger charge is 2.25. The summed E-state index contributed by atoms with van der Waals surface area (Å²) in [5, 5.41) is 0.576. The zero-order valence-corrected chi connectivity index (χ0v) is 18.4. The molecular weight excluding hydrogens is 426 g/mol. The number of aromatic amines is 1. The van der Waals surface area contributed by atoms with Crippen molar-refractivity contribution in [1.29, 1.82) is 0 Å². The molecule has 1 aliphatic heterocycles. The number of hydrogen-bond acceptors (Lipinski definition) is 9. The smallest absolute Gasteiger partial charge is 0.328 e. The molecule has 0 radical (unpaired) electrons. The molecule has 1 atom stereocenters. The van der Waals surface area contributed by atoms with Gasteiger partial charge < -0.3 is 19.1 Å².